The summed E-state index contributed by atoms with van der Waals surface area (Å²) >= 11 is 0. The summed E-state index contributed by atoms with van der Waals surface area (Å²) in [6, 6.07) is 41.6. The van der Waals surface area contributed by atoms with Crippen LogP contribution in [-0.2, 0) is 33.3 Å². The Morgan fingerprint density at radius 3 is 1.01 bits per heavy atom. The van der Waals surface area contributed by atoms with E-state index in [1.54, 1.807) is 72.8 Å². The highest BCUT2D eigenvalue weighted by atomic mass is 16.6. The second-order valence-corrected chi connectivity index (χ2v) is 22.1. The maximum absolute atomic E-state index is 14.6. The van der Waals surface area contributed by atoms with Crippen molar-refractivity contribution < 1.29 is 71.3 Å². The van der Waals surface area contributed by atoms with E-state index in [9.17, 15) is 24.0 Å². The van der Waals surface area contributed by atoms with Gasteiger partial charge in [0.2, 0.25) is 17.7 Å². The highest BCUT2D eigenvalue weighted by Gasteiger charge is 2.53. The molecule has 5 amide bonds. The van der Waals surface area contributed by atoms with E-state index < -0.39 is 116 Å². The Kier molecular flexibility index (Phi) is 20.6. The predicted molar refractivity (Wildman–Crippen MR) is 318 cm³/mol. The van der Waals surface area contributed by atoms with Crippen LogP contribution < -0.4 is 55.4 Å². The molecule has 86 heavy (non-hydrogen) atoms. The van der Waals surface area contributed by atoms with E-state index in [-0.39, 0.29) is 25.9 Å². The SMILES string of the molecule is Cc1ccc(O[C@@H]2[C@@H](Oc3ccc(C)cc3)[C@@H]3CNC(=O)[C@H](CCC(N)=O)NC(=O)OC[C@H]4O[C@@H](CNC(=O)[C@H](C)NC(=O)OC[C@@H](O3)[C@@H]2Oc2ccc(C)cc2)[C@H](Oc2ccc(C)cc2)[C@@H](Oc2ccc(C)cc2)[C@H]4Oc2ccc(C)cc2)cc1. The first-order chi connectivity index (χ1) is 41.4. The minimum absolute atomic E-state index is 0.219. The Bertz CT molecular complexity index is 3220. The topological polar surface area (TPSA) is 252 Å². The van der Waals surface area contributed by atoms with Crippen molar-refractivity contribution >= 4 is 29.9 Å². The first kappa shape index (κ1) is 61.5. The number of primary amides is 1. The Balaban J connectivity index is 1.09. The summed E-state index contributed by atoms with van der Waals surface area (Å²) in [6.45, 7) is 11.7. The maximum atomic E-state index is 14.6. The standard InChI is InChI=1S/C66H75N5O15/c1-38-8-20-45(21-9-38)79-57-52-34-68-63(73)44(7)70-65(75)77-36-54-59(81-47-24-12-40(3)13-25-47)62(84-50-30-18-43(6)19-31-50)58(80-46-22-10-39(2)11-23-46)53(86-54)35-69-64(74)51(32-33-56(67)72)71-66(76)78-37-55(85-52)60(82-48-26-14-41(4)15-27-48)61(57)83-49-28-16-42(5)17-29-49/h8-31,44,51-55,57-62H,32-37H2,1-7H3,(H2,67,72)(H,68,73)(H,69,74)(H,70,75)(H,71,76)/t44-,51-,52-,53-,54+,55+,57-,58-,59-,60-,61+,62+/m0/s1. The van der Waals surface area contributed by atoms with Gasteiger partial charge in [-0.15, -0.1) is 0 Å². The zero-order valence-corrected chi connectivity index (χ0v) is 49.2. The summed E-state index contributed by atoms with van der Waals surface area (Å²) < 4.78 is 66.6. The quantitative estimate of drug-likeness (QED) is 0.0658. The summed E-state index contributed by atoms with van der Waals surface area (Å²) in [6.07, 6.45) is -13.3. The number of amides is 5. The number of nitrogens with two attached hydrogens (primary N) is 1. The number of aryl methyl sites for hydroxylation is 6. The van der Waals surface area contributed by atoms with Gasteiger partial charge in [0.25, 0.3) is 0 Å². The lowest BCUT2D eigenvalue weighted by molar-refractivity contribution is -0.208. The number of ether oxygens (including phenoxy) is 10. The summed E-state index contributed by atoms with van der Waals surface area (Å²) in [4.78, 5) is 69.5. The molecule has 6 N–H and O–H groups in total. The summed E-state index contributed by atoms with van der Waals surface area (Å²) in [5, 5.41) is 11.1. The van der Waals surface area contributed by atoms with E-state index in [2.05, 4.69) is 21.3 Å². The first-order valence-electron chi connectivity index (χ1n) is 28.8. The molecule has 9 rings (SSSR count). The smallest absolute Gasteiger partial charge is 0.407 e. The molecule has 0 spiro atoms. The minimum Gasteiger partial charge on any atom is -0.484 e. The molecule has 0 unspecified atom stereocenters. The Morgan fingerprint density at radius 1 is 0.419 bits per heavy atom. The average molecular weight is 1180 g/mol. The van der Waals surface area contributed by atoms with Crippen LogP contribution in [0.25, 0.3) is 0 Å². The van der Waals surface area contributed by atoms with Gasteiger partial charge in [-0.3, -0.25) is 14.4 Å². The van der Waals surface area contributed by atoms with Crippen LogP contribution in [0.4, 0.5) is 9.59 Å². The van der Waals surface area contributed by atoms with Crippen molar-refractivity contribution in [2.24, 2.45) is 5.73 Å². The molecular formula is C66H75N5O15. The normalized spacial score (nSPS) is 25.7. The largest absolute Gasteiger partial charge is 0.484 e. The van der Waals surface area contributed by atoms with Gasteiger partial charge in [0.15, 0.2) is 36.6 Å². The fourth-order valence-corrected chi connectivity index (χ4v) is 10.1. The molecular weight excluding hydrogens is 1100 g/mol. The monoisotopic (exact) mass is 1180 g/mol. The first-order valence-corrected chi connectivity index (χ1v) is 28.8. The van der Waals surface area contributed by atoms with Crippen molar-refractivity contribution in [3.8, 4) is 34.5 Å². The van der Waals surface area contributed by atoms with Crippen molar-refractivity contribution in [2.75, 3.05) is 26.3 Å². The van der Waals surface area contributed by atoms with Crippen molar-refractivity contribution in [1.29, 1.82) is 0 Å². The van der Waals surface area contributed by atoms with E-state index in [0.29, 0.717) is 34.5 Å². The van der Waals surface area contributed by atoms with Crippen LogP contribution in [0, 0.1) is 41.5 Å². The predicted octanol–water partition coefficient (Wildman–Crippen LogP) is 7.78. The molecule has 6 aromatic carbocycles. The third-order valence-corrected chi connectivity index (χ3v) is 14.9. The van der Waals surface area contributed by atoms with Crippen molar-refractivity contribution in [1.82, 2.24) is 21.3 Å². The van der Waals surface area contributed by atoms with Crippen LogP contribution in [0.3, 0.4) is 0 Å². The summed E-state index contributed by atoms with van der Waals surface area (Å²) in [5.74, 6) is 0.596. The second kappa shape index (κ2) is 28.7. The van der Waals surface area contributed by atoms with Crippen molar-refractivity contribution in [2.45, 2.75) is 134 Å². The van der Waals surface area contributed by atoms with Crippen LogP contribution in [0.1, 0.15) is 53.1 Å². The lowest BCUT2D eigenvalue weighted by atomic mass is 9.93. The van der Waals surface area contributed by atoms with Gasteiger partial charge in [-0.1, -0.05) is 106 Å². The number of alkyl carbamates (subject to hydrolysis) is 2. The van der Waals surface area contributed by atoms with Crippen LogP contribution in [0.2, 0.25) is 0 Å². The minimum atomic E-state index is -1.39. The highest BCUT2D eigenvalue weighted by Crippen LogP contribution is 2.35. The van der Waals surface area contributed by atoms with Crippen molar-refractivity contribution in [3.63, 3.8) is 0 Å². The number of fused-ring (bicyclic) bond motifs is 4. The lowest BCUT2D eigenvalue weighted by Crippen LogP contribution is -2.67. The number of carbonyl (C=O) groups excluding carboxylic acids is 5. The Labute approximate surface area is 500 Å². The van der Waals surface area contributed by atoms with Gasteiger partial charge in [0.1, 0.15) is 84.2 Å². The molecule has 0 saturated carbocycles. The molecule has 20 heteroatoms. The van der Waals surface area contributed by atoms with E-state index in [1.165, 1.54) is 6.92 Å². The van der Waals surface area contributed by atoms with Crippen LogP contribution in [-0.4, -0.2) is 129 Å². The molecule has 6 aromatic rings. The number of cyclic esters (lactones) is 2. The molecule has 454 valence electrons. The fraction of sp³-hybridized carbons (Fsp3) is 0.379. The molecule has 20 nitrogen and oxygen atoms in total. The Hall–Kier alpha value is -9.01. The summed E-state index contributed by atoms with van der Waals surface area (Å²) in [5.41, 5.74) is 11.5. The van der Waals surface area contributed by atoms with Gasteiger partial charge in [-0.25, -0.2) is 9.59 Å². The second-order valence-electron chi connectivity index (χ2n) is 22.1. The highest BCUT2D eigenvalue weighted by molar-refractivity contribution is 5.86. The number of nitrogens with one attached hydrogen (secondary N) is 4. The van der Waals surface area contributed by atoms with Gasteiger partial charge in [0.05, 0.1) is 0 Å². The molecule has 4 bridgehead atoms. The Morgan fingerprint density at radius 2 is 0.698 bits per heavy atom. The molecule has 0 radical (unpaired) electrons. The summed E-state index contributed by atoms with van der Waals surface area (Å²) in [7, 11) is 0. The molecule has 3 fully saturated rings. The van der Waals surface area contributed by atoms with Gasteiger partial charge in [-0.05, 0) is 128 Å². The van der Waals surface area contributed by atoms with Crippen LogP contribution in [0.5, 0.6) is 34.5 Å². The maximum Gasteiger partial charge on any atom is 0.407 e. The van der Waals surface area contributed by atoms with E-state index in [1.807, 2.05) is 114 Å². The fourth-order valence-electron chi connectivity index (χ4n) is 10.1. The molecule has 3 heterocycles. The number of benzene rings is 6. The van der Waals surface area contributed by atoms with E-state index in [0.717, 1.165) is 33.4 Å². The molecule has 3 aliphatic heterocycles. The molecule has 0 aliphatic carbocycles. The molecule has 3 saturated heterocycles. The van der Waals surface area contributed by atoms with E-state index in [4.69, 9.17) is 53.1 Å². The number of hydrogen-bond acceptors (Lipinski definition) is 15. The van der Waals surface area contributed by atoms with Gasteiger partial charge in [-0.2, -0.15) is 0 Å². The van der Waals surface area contributed by atoms with E-state index >= 15 is 0 Å². The lowest BCUT2D eigenvalue weighted by Gasteiger charge is -2.46. The third-order valence-electron chi connectivity index (χ3n) is 14.9. The number of hydrogen-bond donors (Lipinski definition) is 5. The number of carbonyl (C=O) groups is 5. The average Bonchev–Trinajstić information content (AvgIpc) is 1.40. The molecule has 12 atom stereocenters. The van der Waals surface area contributed by atoms with Gasteiger partial charge >= 0.3 is 12.2 Å². The van der Waals surface area contributed by atoms with Gasteiger partial charge in [0, 0.05) is 19.5 Å². The zero-order chi connectivity index (χ0) is 60.9. The number of rotatable bonds is 15. The van der Waals surface area contributed by atoms with Crippen LogP contribution >= 0.6 is 0 Å². The molecule has 3 aliphatic rings. The van der Waals surface area contributed by atoms with Gasteiger partial charge < -0.3 is 74.4 Å². The molecule has 0 aromatic heterocycles. The third kappa shape index (κ3) is 16.9. The van der Waals surface area contributed by atoms with Crippen molar-refractivity contribution in [3.05, 3.63) is 179 Å². The zero-order valence-electron chi connectivity index (χ0n) is 49.2. The van der Waals surface area contributed by atoms with Crippen LogP contribution in [0.15, 0.2) is 146 Å².